The zero-order valence-electron chi connectivity index (χ0n) is 15.7. The summed E-state index contributed by atoms with van der Waals surface area (Å²) < 4.78 is 6.98. The number of rotatable bonds is 6. The number of nitrogens with zero attached hydrogens (tertiary/aromatic N) is 2. The molecule has 6 nitrogen and oxygen atoms in total. The summed E-state index contributed by atoms with van der Waals surface area (Å²) in [5.74, 6) is 0.0442. The van der Waals surface area contributed by atoms with Gasteiger partial charge in [-0.2, -0.15) is 5.10 Å². The van der Waals surface area contributed by atoms with Crippen molar-refractivity contribution in [2.75, 3.05) is 7.11 Å². The van der Waals surface area contributed by atoms with Gasteiger partial charge in [0.1, 0.15) is 11.5 Å². The fraction of sp³-hybridized carbons (Fsp3) is 0.238. The van der Waals surface area contributed by atoms with Crippen LogP contribution in [0, 0.1) is 13.8 Å². The Morgan fingerprint density at radius 2 is 1.93 bits per heavy atom. The highest BCUT2D eigenvalue weighted by Gasteiger charge is 2.15. The monoisotopic (exact) mass is 365 g/mol. The predicted octanol–water partition coefficient (Wildman–Crippen LogP) is 3.19. The Kier molecular flexibility index (Phi) is 5.45. The second kappa shape index (κ2) is 7.95. The van der Waals surface area contributed by atoms with Crippen LogP contribution in [-0.4, -0.2) is 27.9 Å². The van der Waals surface area contributed by atoms with Crippen molar-refractivity contribution in [3.8, 4) is 11.5 Å². The largest absolute Gasteiger partial charge is 0.507 e. The molecule has 0 unspecified atom stereocenters. The highest BCUT2D eigenvalue weighted by Crippen LogP contribution is 2.23. The van der Waals surface area contributed by atoms with Crippen LogP contribution in [-0.2, 0) is 13.1 Å². The van der Waals surface area contributed by atoms with Crippen molar-refractivity contribution < 1.29 is 14.6 Å². The zero-order chi connectivity index (χ0) is 19.4. The Bertz CT molecular complexity index is 949. The van der Waals surface area contributed by atoms with Gasteiger partial charge in [0.15, 0.2) is 0 Å². The molecule has 0 fully saturated rings. The van der Waals surface area contributed by atoms with Crippen LogP contribution in [0.2, 0.25) is 0 Å². The first kappa shape index (κ1) is 18.5. The molecule has 1 heterocycles. The first-order chi connectivity index (χ1) is 13.0. The molecule has 3 rings (SSSR count). The molecular weight excluding hydrogens is 342 g/mol. The standard InChI is InChI=1S/C21H23N3O3/c1-14-19(15(2)24(23-14)13-16-7-5-4-6-8-16)12-22-21(26)18-10-9-17(27-3)11-20(18)25/h4-11,25H,12-13H2,1-3H3,(H,22,26). The van der Waals surface area contributed by atoms with Crippen LogP contribution in [0.3, 0.4) is 0 Å². The van der Waals surface area contributed by atoms with Crippen LogP contribution in [0.4, 0.5) is 0 Å². The fourth-order valence-corrected chi connectivity index (χ4v) is 2.99. The molecule has 0 aliphatic heterocycles. The molecule has 0 spiro atoms. The van der Waals surface area contributed by atoms with E-state index in [9.17, 15) is 9.90 Å². The van der Waals surface area contributed by atoms with Crippen molar-refractivity contribution in [1.82, 2.24) is 15.1 Å². The van der Waals surface area contributed by atoms with E-state index in [-0.39, 0.29) is 17.2 Å². The number of phenols is 1. The lowest BCUT2D eigenvalue weighted by Gasteiger charge is -2.09. The highest BCUT2D eigenvalue weighted by molar-refractivity contribution is 5.97. The average Bonchev–Trinajstić information content (AvgIpc) is 2.93. The average molecular weight is 365 g/mol. The number of aromatic hydroxyl groups is 1. The maximum Gasteiger partial charge on any atom is 0.255 e. The Labute approximate surface area is 158 Å². The fourth-order valence-electron chi connectivity index (χ4n) is 2.99. The first-order valence-electron chi connectivity index (χ1n) is 8.71. The summed E-state index contributed by atoms with van der Waals surface area (Å²) in [6.07, 6.45) is 0. The van der Waals surface area contributed by atoms with Gasteiger partial charge in [-0.25, -0.2) is 0 Å². The van der Waals surface area contributed by atoms with Crippen LogP contribution in [0.25, 0.3) is 0 Å². The number of ether oxygens (including phenoxy) is 1. The molecule has 6 heteroatoms. The van der Waals surface area contributed by atoms with E-state index in [1.54, 1.807) is 12.1 Å². The second-order valence-electron chi connectivity index (χ2n) is 6.36. The van der Waals surface area contributed by atoms with Crippen molar-refractivity contribution in [2.24, 2.45) is 0 Å². The predicted molar refractivity (Wildman–Crippen MR) is 103 cm³/mol. The summed E-state index contributed by atoms with van der Waals surface area (Å²) in [6.45, 7) is 4.95. The smallest absolute Gasteiger partial charge is 0.255 e. The number of carbonyl (C=O) groups is 1. The molecule has 2 aromatic carbocycles. The van der Waals surface area contributed by atoms with Crippen molar-refractivity contribution in [2.45, 2.75) is 26.9 Å². The topological polar surface area (TPSA) is 76.4 Å². The third-order valence-electron chi connectivity index (χ3n) is 4.58. The number of aromatic nitrogens is 2. The van der Waals surface area contributed by atoms with E-state index < -0.39 is 0 Å². The van der Waals surface area contributed by atoms with Crippen molar-refractivity contribution >= 4 is 5.91 Å². The first-order valence-corrected chi connectivity index (χ1v) is 8.71. The van der Waals surface area contributed by atoms with E-state index >= 15 is 0 Å². The van der Waals surface area contributed by atoms with Crippen molar-refractivity contribution in [1.29, 1.82) is 0 Å². The molecule has 1 amide bonds. The van der Waals surface area contributed by atoms with Crippen molar-refractivity contribution in [3.05, 3.63) is 76.6 Å². The van der Waals surface area contributed by atoms with Gasteiger partial charge in [0.05, 0.1) is 24.9 Å². The van der Waals surface area contributed by atoms with Gasteiger partial charge in [-0.05, 0) is 31.5 Å². The highest BCUT2D eigenvalue weighted by atomic mass is 16.5. The lowest BCUT2D eigenvalue weighted by Crippen LogP contribution is -2.23. The lowest BCUT2D eigenvalue weighted by atomic mass is 10.1. The molecule has 3 aromatic rings. The van der Waals surface area contributed by atoms with Gasteiger partial charge in [0, 0.05) is 23.9 Å². The summed E-state index contributed by atoms with van der Waals surface area (Å²) in [7, 11) is 1.51. The zero-order valence-corrected chi connectivity index (χ0v) is 15.7. The van der Waals surface area contributed by atoms with E-state index in [0.717, 1.165) is 17.0 Å². The van der Waals surface area contributed by atoms with E-state index in [0.29, 0.717) is 18.8 Å². The van der Waals surface area contributed by atoms with Gasteiger partial charge in [0.2, 0.25) is 0 Å². The van der Waals surface area contributed by atoms with Crippen LogP contribution in [0.1, 0.15) is 32.9 Å². The number of amides is 1. The minimum absolute atomic E-state index is 0.111. The minimum Gasteiger partial charge on any atom is -0.507 e. The molecule has 0 radical (unpaired) electrons. The van der Waals surface area contributed by atoms with E-state index in [1.165, 1.54) is 18.7 Å². The summed E-state index contributed by atoms with van der Waals surface area (Å²) in [4.78, 5) is 12.4. The Hall–Kier alpha value is -3.28. The molecule has 0 bridgehead atoms. The van der Waals surface area contributed by atoms with Crippen LogP contribution in [0.5, 0.6) is 11.5 Å². The van der Waals surface area contributed by atoms with Crippen LogP contribution < -0.4 is 10.1 Å². The van der Waals surface area contributed by atoms with Crippen LogP contribution in [0.15, 0.2) is 48.5 Å². The Balaban J connectivity index is 1.72. The molecule has 2 N–H and O–H groups in total. The second-order valence-corrected chi connectivity index (χ2v) is 6.36. The molecule has 27 heavy (non-hydrogen) atoms. The van der Waals surface area contributed by atoms with Gasteiger partial charge in [-0.15, -0.1) is 0 Å². The normalized spacial score (nSPS) is 10.6. The molecule has 1 aromatic heterocycles. The molecule has 140 valence electrons. The number of benzene rings is 2. The maximum absolute atomic E-state index is 12.4. The van der Waals surface area contributed by atoms with E-state index in [1.807, 2.05) is 36.7 Å². The number of methoxy groups -OCH3 is 1. The van der Waals surface area contributed by atoms with Gasteiger partial charge >= 0.3 is 0 Å². The van der Waals surface area contributed by atoms with E-state index in [4.69, 9.17) is 4.74 Å². The Morgan fingerprint density at radius 1 is 1.19 bits per heavy atom. The summed E-state index contributed by atoms with van der Waals surface area (Å²) in [5, 5.41) is 17.5. The minimum atomic E-state index is -0.343. The molecule has 0 aliphatic carbocycles. The number of carbonyl (C=O) groups excluding carboxylic acids is 1. The maximum atomic E-state index is 12.4. The molecular formula is C21H23N3O3. The molecule has 0 saturated carbocycles. The summed E-state index contributed by atoms with van der Waals surface area (Å²) in [6, 6.07) is 14.7. The molecule has 0 aliphatic rings. The number of hydrogen-bond acceptors (Lipinski definition) is 4. The number of nitrogens with one attached hydrogen (secondary N) is 1. The third kappa shape index (κ3) is 4.11. The van der Waals surface area contributed by atoms with Gasteiger partial charge in [0.25, 0.3) is 5.91 Å². The summed E-state index contributed by atoms with van der Waals surface area (Å²) >= 11 is 0. The lowest BCUT2D eigenvalue weighted by molar-refractivity contribution is 0.0948. The molecule has 0 atom stereocenters. The van der Waals surface area contributed by atoms with Crippen molar-refractivity contribution in [3.63, 3.8) is 0 Å². The Morgan fingerprint density at radius 3 is 2.59 bits per heavy atom. The summed E-state index contributed by atoms with van der Waals surface area (Å²) in [5.41, 5.74) is 4.25. The van der Waals surface area contributed by atoms with Gasteiger partial charge in [-0.1, -0.05) is 30.3 Å². The molecule has 0 saturated heterocycles. The van der Waals surface area contributed by atoms with E-state index in [2.05, 4.69) is 22.5 Å². The van der Waals surface area contributed by atoms with Gasteiger partial charge < -0.3 is 15.2 Å². The number of aryl methyl sites for hydroxylation is 1. The SMILES string of the molecule is COc1ccc(C(=O)NCc2c(C)nn(Cc3ccccc3)c2C)c(O)c1. The third-order valence-corrected chi connectivity index (χ3v) is 4.58. The quantitative estimate of drug-likeness (QED) is 0.703. The number of phenolic OH excluding ortho intramolecular Hbond substituents is 1. The van der Waals surface area contributed by atoms with Gasteiger partial charge in [-0.3, -0.25) is 9.48 Å². The van der Waals surface area contributed by atoms with Crippen LogP contribution >= 0.6 is 0 Å². The number of hydrogen-bond donors (Lipinski definition) is 2.